The van der Waals surface area contributed by atoms with Gasteiger partial charge in [0.2, 0.25) is 0 Å². The molecule has 114 valence electrons. The van der Waals surface area contributed by atoms with Gasteiger partial charge in [0, 0.05) is 36.6 Å². The van der Waals surface area contributed by atoms with E-state index < -0.39 is 17.5 Å². The van der Waals surface area contributed by atoms with Crippen LogP contribution in [-0.2, 0) is 13.6 Å². The van der Waals surface area contributed by atoms with Gasteiger partial charge in [-0.25, -0.2) is 18.2 Å². The van der Waals surface area contributed by atoms with Crippen molar-refractivity contribution in [3.63, 3.8) is 0 Å². The second kappa shape index (κ2) is 5.53. The highest BCUT2D eigenvalue weighted by Crippen LogP contribution is 2.26. The number of rotatable bonds is 3. The van der Waals surface area contributed by atoms with Crippen molar-refractivity contribution in [3.8, 4) is 11.1 Å². The average molecular weight is 326 g/mol. The molecule has 3 rings (SSSR count). The Labute approximate surface area is 129 Å². The van der Waals surface area contributed by atoms with Gasteiger partial charge in [0.15, 0.2) is 16.8 Å². The van der Waals surface area contributed by atoms with Crippen LogP contribution in [0.5, 0.6) is 0 Å². The third-order valence-electron chi connectivity index (χ3n) is 3.39. The smallest absolute Gasteiger partial charge is 0.166 e. The molecule has 0 aliphatic rings. The summed E-state index contributed by atoms with van der Waals surface area (Å²) in [4.78, 5) is 3.97. The highest BCUT2D eigenvalue weighted by Gasteiger charge is 2.14. The van der Waals surface area contributed by atoms with Crippen LogP contribution in [0.15, 0.2) is 36.9 Å². The molecule has 0 aliphatic heterocycles. The third-order valence-corrected chi connectivity index (χ3v) is 3.71. The minimum atomic E-state index is -1.21. The quantitative estimate of drug-likeness (QED) is 0.667. The van der Waals surface area contributed by atoms with E-state index in [1.165, 1.54) is 0 Å². The fourth-order valence-corrected chi connectivity index (χ4v) is 2.48. The summed E-state index contributed by atoms with van der Waals surface area (Å²) >= 11 is 5.98. The van der Waals surface area contributed by atoms with Crippen LogP contribution in [0.4, 0.5) is 13.2 Å². The Morgan fingerprint density at radius 2 is 2.00 bits per heavy atom. The summed E-state index contributed by atoms with van der Waals surface area (Å²) in [5, 5.41) is 0.376. The van der Waals surface area contributed by atoms with Crippen LogP contribution >= 0.6 is 11.6 Å². The topological polar surface area (TPSA) is 22.8 Å². The molecule has 1 aromatic carbocycles. The van der Waals surface area contributed by atoms with Crippen LogP contribution in [0, 0.1) is 17.5 Å². The Bertz CT molecular complexity index is 819. The molecule has 0 aliphatic carbocycles. The van der Waals surface area contributed by atoms with Gasteiger partial charge in [-0.1, -0.05) is 11.6 Å². The monoisotopic (exact) mass is 325 g/mol. The Hall–Kier alpha value is -2.21. The summed E-state index contributed by atoms with van der Waals surface area (Å²) in [6.45, 7) is 0.411. The average Bonchev–Trinajstić information content (AvgIpc) is 3.05. The first-order valence-electron chi connectivity index (χ1n) is 6.42. The van der Waals surface area contributed by atoms with Crippen molar-refractivity contribution in [2.75, 3.05) is 0 Å². The van der Waals surface area contributed by atoms with Crippen LogP contribution < -0.4 is 0 Å². The number of benzene rings is 1. The zero-order valence-electron chi connectivity index (χ0n) is 11.5. The largest absolute Gasteiger partial charge is 0.348 e. The number of halogens is 4. The second-order valence-corrected chi connectivity index (χ2v) is 5.27. The number of hydrogen-bond acceptors (Lipinski definition) is 1. The predicted molar refractivity (Wildman–Crippen MR) is 77.1 cm³/mol. The molecule has 0 bridgehead atoms. The molecule has 22 heavy (non-hydrogen) atoms. The Balaban J connectivity index is 1.95. The molecule has 0 N–H and O–H groups in total. The van der Waals surface area contributed by atoms with Crippen molar-refractivity contribution in [1.82, 2.24) is 14.1 Å². The third kappa shape index (κ3) is 2.62. The van der Waals surface area contributed by atoms with E-state index >= 15 is 0 Å². The van der Waals surface area contributed by atoms with E-state index in [9.17, 15) is 13.2 Å². The summed E-state index contributed by atoms with van der Waals surface area (Å²) in [5.41, 5.74) is 1.04. The molecular formula is C15H11ClF3N3. The molecule has 0 spiro atoms. The van der Waals surface area contributed by atoms with Crippen molar-refractivity contribution >= 4 is 11.6 Å². The summed E-state index contributed by atoms with van der Waals surface area (Å²) in [6.07, 6.45) is 4.87. The molecule has 0 fully saturated rings. The normalized spacial score (nSPS) is 11.1. The number of imidazole rings is 1. The van der Waals surface area contributed by atoms with Gasteiger partial charge in [0.25, 0.3) is 0 Å². The van der Waals surface area contributed by atoms with Crippen LogP contribution in [0.25, 0.3) is 11.1 Å². The van der Waals surface area contributed by atoms with Crippen molar-refractivity contribution < 1.29 is 13.2 Å². The van der Waals surface area contributed by atoms with Crippen LogP contribution in [-0.4, -0.2) is 14.1 Å². The molecular weight excluding hydrogens is 315 g/mol. The molecule has 0 unspecified atom stereocenters. The zero-order valence-corrected chi connectivity index (χ0v) is 12.3. The number of nitrogens with zero attached hydrogens (tertiary/aromatic N) is 3. The predicted octanol–water partition coefficient (Wildman–Crippen LogP) is 4.01. The van der Waals surface area contributed by atoms with Crippen LogP contribution in [0.2, 0.25) is 5.15 Å². The molecule has 2 aromatic heterocycles. The maximum Gasteiger partial charge on any atom is 0.166 e. The minimum Gasteiger partial charge on any atom is -0.348 e. The van der Waals surface area contributed by atoms with Gasteiger partial charge in [0.1, 0.15) is 5.82 Å². The van der Waals surface area contributed by atoms with E-state index in [4.69, 9.17) is 11.6 Å². The molecule has 3 aromatic rings. The first kappa shape index (κ1) is 14.7. The summed E-state index contributed by atoms with van der Waals surface area (Å²) in [6, 6.07) is 3.07. The van der Waals surface area contributed by atoms with Gasteiger partial charge in [-0.2, -0.15) is 0 Å². The lowest BCUT2D eigenvalue weighted by atomic mass is 10.1. The van der Waals surface area contributed by atoms with Gasteiger partial charge >= 0.3 is 0 Å². The van der Waals surface area contributed by atoms with Gasteiger partial charge in [-0.15, -0.1) is 0 Å². The zero-order chi connectivity index (χ0) is 15.9. The standard InChI is InChI=1S/C15H11ClF3N3/c1-21-8-20-15(16)13(21)7-22-3-2-9(6-22)11-4-10(17)5-12(18)14(11)19/h2-6,8H,7H2,1H3. The van der Waals surface area contributed by atoms with Crippen molar-refractivity contribution in [1.29, 1.82) is 0 Å². The number of aryl methyl sites for hydroxylation is 1. The van der Waals surface area contributed by atoms with Crippen LogP contribution in [0.1, 0.15) is 5.69 Å². The molecule has 3 nitrogen and oxygen atoms in total. The summed E-state index contributed by atoms with van der Waals surface area (Å²) in [7, 11) is 1.81. The highest BCUT2D eigenvalue weighted by molar-refractivity contribution is 6.30. The lowest BCUT2D eigenvalue weighted by Crippen LogP contribution is -2.02. The Kier molecular flexibility index (Phi) is 3.70. The molecule has 7 heteroatoms. The van der Waals surface area contributed by atoms with Gasteiger partial charge < -0.3 is 9.13 Å². The van der Waals surface area contributed by atoms with Gasteiger partial charge in [0.05, 0.1) is 18.6 Å². The molecule has 0 amide bonds. The fraction of sp³-hybridized carbons (Fsp3) is 0.133. The van der Waals surface area contributed by atoms with E-state index in [1.54, 1.807) is 41.0 Å². The molecule has 0 saturated carbocycles. The van der Waals surface area contributed by atoms with E-state index in [0.29, 0.717) is 23.3 Å². The van der Waals surface area contributed by atoms with Crippen molar-refractivity contribution in [2.45, 2.75) is 6.54 Å². The van der Waals surface area contributed by atoms with Crippen LogP contribution in [0.3, 0.4) is 0 Å². The SMILES string of the molecule is Cn1cnc(Cl)c1Cn1ccc(-c2cc(F)cc(F)c2F)c1. The van der Waals surface area contributed by atoms with E-state index in [1.807, 2.05) is 0 Å². The second-order valence-electron chi connectivity index (χ2n) is 4.91. The molecule has 2 heterocycles. The van der Waals surface area contributed by atoms with Crippen molar-refractivity contribution in [3.05, 3.63) is 65.2 Å². The van der Waals surface area contributed by atoms with E-state index in [0.717, 1.165) is 11.8 Å². The molecule has 0 atom stereocenters. The Morgan fingerprint density at radius 1 is 1.23 bits per heavy atom. The van der Waals surface area contributed by atoms with E-state index in [2.05, 4.69) is 4.98 Å². The number of aromatic nitrogens is 3. The maximum absolute atomic E-state index is 13.8. The minimum absolute atomic E-state index is 0.118. The molecule has 0 saturated heterocycles. The Morgan fingerprint density at radius 3 is 2.68 bits per heavy atom. The maximum atomic E-state index is 13.8. The summed E-state index contributed by atoms with van der Waals surface area (Å²) in [5.74, 6) is -3.11. The lowest BCUT2D eigenvalue weighted by Gasteiger charge is -2.05. The lowest BCUT2D eigenvalue weighted by molar-refractivity contribution is 0.497. The first-order chi connectivity index (χ1) is 10.5. The first-order valence-corrected chi connectivity index (χ1v) is 6.80. The van der Waals surface area contributed by atoms with Crippen molar-refractivity contribution in [2.24, 2.45) is 7.05 Å². The van der Waals surface area contributed by atoms with Gasteiger partial charge in [-0.05, 0) is 12.1 Å². The summed E-state index contributed by atoms with van der Waals surface area (Å²) < 4.78 is 43.9. The van der Waals surface area contributed by atoms with Gasteiger partial charge in [-0.3, -0.25) is 0 Å². The van der Waals surface area contributed by atoms with E-state index in [-0.39, 0.29) is 5.56 Å². The fourth-order valence-electron chi connectivity index (χ4n) is 2.24. The molecule has 0 radical (unpaired) electrons. The highest BCUT2D eigenvalue weighted by atomic mass is 35.5. The number of hydrogen-bond donors (Lipinski definition) is 0.